The van der Waals surface area contributed by atoms with E-state index in [-0.39, 0.29) is 97.8 Å². The molecular weight excluding hydrogens is 667 g/mol. The van der Waals surface area contributed by atoms with E-state index in [1.165, 1.54) is 25.7 Å². The zero-order chi connectivity index (χ0) is 6.10. The topological polar surface area (TPSA) is 0 Å². The van der Waals surface area contributed by atoms with Crippen LogP contribution >= 0.6 is 0 Å². The summed E-state index contributed by atoms with van der Waals surface area (Å²) in [6.45, 7) is 0. The average molecular weight is 678 g/mol. The first-order chi connectivity index (χ1) is 4.47. The summed E-state index contributed by atoms with van der Waals surface area (Å²) in [5, 5.41) is 0. The summed E-state index contributed by atoms with van der Waals surface area (Å²) in [6, 6.07) is 6.69. The van der Waals surface area contributed by atoms with Gasteiger partial charge in [-0.2, -0.15) is 23.3 Å². The number of halogens is 3. The van der Waals surface area contributed by atoms with Gasteiger partial charge >= 0.3 is 25.8 Å². The Hall–Kier alpha value is 2.41. The Labute approximate surface area is 150 Å². The Balaban J connectivity index is -0.000000250. The molecule has 0 spiro atoms. The van der Waals surface area contributed by atoms with E-state index in [1.54, 1.807) is 11.1 Å². The van der Waals surface area contributed by atoms with Gasteiger partial charge in [-0.1, -0.05) is 25.7 Å². The molecule has 72 valence electrons. The molecule has 0 atom stereocenters. The van der Waals surface area contributed by atoms with Crippen LogP contribution in [0.4, 0.5) is 0 Å². The van der Waals surface area contributed by atoms with Crippen molar-refractivity contribution >= 4 is 0 Å². The summed E-state index contributed by atoms with van der Waals surface area (Å²) >= 11 is 0. The fraction of sp³-hybridized carbons (Fsp3) is 0.444. The van der Waals surface area contributed by atoms with Crippen molar-refractivity contribution < 1.29 is 97.8 Å². The van der Waals surface area contributed by atoms with E-state index < -0.39 is 0 Å². The van der Waals surface area contributed by atoms with Crippen LogP contribution < -0.4 is 71.9 Å². The Morgan fingerprint density at radius 2 is 1.62 bits per heavy atom. The molecule has 1 aromatic rings. The first-order valence-electron chi connectivity index (χ1n) is 3.70. The van der Waals surface area contributed by atoms with Crippen molar-refractivity contribution in [2.75, 3.05) is 0 Å². The van der Waals surface area contributed by atoms with E-state index >= 15 is 0 Å². The van der Waals surface area contributed by atoms with E-state index in [0.29, 0.717) is 0 Å². The first kappa shape index (κ1) is 20.8. The predicted molar refractivity (Wildman–Crippen MR) is 38.7 cm³/mol. The fourth-order valence-corrected chi connectivity index (χ4v) is 1.61. The molecular formula is C9H11HfI3. The third-order valence-corrected chi connectivity index (χ3v) is 2.15. The van der Waals surface area contributed by atoms with Gasteiger partial charge in [0, 0.05) is 0 Å². The van der Waals surface area contributed by atoms with Gasteiger partial charge in [0.2, 0.25) is 0 Å². The van der Waals surface area contributed by atoms with Crippen molar-refractivity contribution in [3.05, 3.63) is 29.3 Å². The molecule has 0 bridgehead atoms. The maximum atomic E-state index is 2.26. The van der Waals surface area contributed by atoms with Crippen LogP contribution in [-0.4, -0.2) is 0 Å². The van der Waals surface area contributed by atoms with Crippen molar-refractivity contribution in [2.24, 2.45) is 0 Å². The molecule has 1 aliphatic carbocycles. The van der Waals surface area contributed by atoms with Crippen LogP contribution in [0.2, 0.25) is 0 Å². The van der Waals surface area contributed by atoms with E-state index in [2.05, 4.69) is 18.2 Å². The third kappa shape index (κ3) is 5.89. The predicted octanol–water partition coefficient (Wildman–Crippen LogP) is -6.71. The molecule has 2 rings (SSSR count). The van der Waals surface area contributed by atoms with Crippen LogP contribution in [0.3, 0.4) is 0 Å². The largest absolute Gasteiger partial charge is 4.00 e. The van der Waals surface area contributed by atoms with E-state index in [0.717, 1.165) is 0 Å². The Bertz CT molecular complexity index is 190. The molecule has 0 unspecified atom stereocenters. The van der Waals surface area contributed by atoms with Gasteiger partial charge in [-0.05, 0) is 0 Å². The minimum absolute atomic E-state index is 0. The number of hydrogen-bond acceptors (Lipinski definition) is 0. The van der Waals surface area contributed by atoms with Crippen LogP contribution in [0.1, 0.15) is 24.0 Å². The van der Waals surface area contributed by atoms with Gasteiger partial charge in [0.05, 0.1) is 0 Å². The second-order valence-electron chi connectivity index (χ2n) is 2.78. The molecule has 0 N–H and O–H groups in total. The summed E-state index contributed by atoms with van der Waals surface area (Å²) in [5.41, 5.74) is 3.20. The monoisotopic (exact) mass is 680 g/mol. The number of aryl methyl sites for hydroxylation is 2. The molecule has 13 heavy (non-hydrogen) atoms. The van der Waals surface area contributed by atoms with Gasteiger partial charge < -0.3 is 71.9 Å². The molecule has 0 saturated carbocycles. The average Bonchev–Trinajstić information content (AvgIpc) is 2.33. The van der Waals surface area contributed by atoms with E-state index in [9.17, 15) is 0 Å². The quantitative estimate of drug-likeness (QED) is 0.146. The fourth-order valence-electron chi connectivity index (χ4n) is 1.61. The molecule has 1 aliphatic rings. The van der Waals surface area contributed by atoms with Gasteiger partial charge in [0.15, 0.2) is 0 Å². The van der Waals surface area contributed by atoms with Crippen molar-refractivity contribution in [2.45, 2.75) is 25.7 Å². The smallest absolute Gasteiger partial charge is 1.00 e. The van der Waals surface area contributed by atoms with Crippen LogP contribution in [0, 0.1) is 0 Å². The third-order valence-electron chi connectivity index (χ3n) is 2.15. The summed E-state index contributed by atoms with van der Waals surface area (Å²) < 4.78 is 0. The minimum atomic E-state index is 0. The van der Waals surface area contributed by atoms with Crippen LogP contribution in [0.5, 0.6) is 0 Å². The Kier molecular flexibility index (Phi) is 17.4. The molecule has 1 aromatic carbocycles. The minimum Gasteiger partial charge on any atom is -1.00 e. The summed E-state index contributed by atoms with van der Waals surface area (Å²) in [5.74, 6) is 0. The number of fused-ring (bicyclic) bond motifs is 1. The normalized spacial score (nSPS) is 12.0. The van der Waals surface area contributed by atoms with Gasteiger partial charge in [-0.3, -0.25) is 0 Å². The van der Waals surface area contributed by atoms with Crippen LogP contribution in [-0.2, 0) is 38.7 Å². The van der Waals surface area contributed by atoms with Crippen molar-refractivity contribution in [1.82, 2.24) is 0 Å². The summed E-state index contributed by atoms with van der Waals surface area (Å²) in [6.07, 6.45) is 5.44. The SMILES string of the molecule is [Hf+4].[I-].[I-].[I-].c1cc2c([cH-]1)CCCC2. The van der Waals surface area contributed by atoms with Gasteiger partial charge in [-0.15, -0.1) is 0 Å². The molecule has 0 fully saturated rings. The molecule has 0 aromatic heterocycles. The van der Waals surface area contributed by atoms with Crippen molar-refractivity contribution in [3.63, 3.8) is 0 Å². The van der Waals surface area contributed by atoms with Gasteiger partial charge in [-0.25, -0.2) is 6.07 Å². The number of rotatable bonds is 0. The zero-order valence-electron chi connectivity index (χ0n) is 7.19. The summed E-state index contributed by atoms with van der Waals surface area (Å²) in [4.78, 5) is 0. The maximum absolute atomic E-state index is 2.26. The van der Waals surface area contributed by atoms with Gasteiger partial charge in [0.1, 0.15) is 0 Å². The molecule has 0 nitrogen and oxygen atoms in total. The van der Waals surface area contributed by atoms with E-state index in [1.807, 2.05) is 0 Å². The van der Waals surface area contributed by atoms with Crippen LogP contribution in [0.25, 0.3) is 0 Å². The van der Waals surface area contributed by atoms with Gasteiger partial charge in [0.25, 0.3) is 0 Å². The number of hydrogen-bond donors (Lipinski definition) is 0. The zero-order valence-corrected chi connectivity index (χ0v) is 17.3. The standard InChI is InChI=1S/C9H11.Hf.3HI/c1-2-5-9-7-3-6-8(9)4-1;;;;/h3,6-7H,1-2,4-5H2;;3*1H/q-1;+4;;;/p-3. The Morgan fingerprint density at radius 3 is 2.23 bits per heavy atom. The summed E-state index contributed by atoms with van der Waals surface area (Å²) in [7, 11) is 0. The first-order valence-corrected chi connectivity index (χ1v) is 3.70. The van der Waals surface area contributed by atoms with E-state index in [4.69, 9.17) is 0 Å². The molecule has 0 amide bonds. The van der Waals surface area contributed by atoms with Crippen LogP contribution in [0.15, 0.2) is 18.2 Å². The second-order valence-corrected chi connectivity index (χ2v) is 2.78. The maximum Gasteiger partial charge on any atom is 4.00 e. The second kappa shape index (κ2) is 10.9. The molecule has 0 aliphatic heterocycles. The molecule has 4 heteroatoms. The van der Waals surface area contributed by atoms with Crippen molar-refractivity contribution in [1.29, 1.82) is 0 Å². The Morgan fingerprint density at radius 1 is 1.00 bits per heavy atom. The molecule has 0 radical (unpaired) electrons. The molecule has 0 heterocycles. The van der Waals surface area contributed by atoms with Crippen molar-refractivity contribution in [3.8, 4) is 0 Å². The molecule has 0 saturated heterocycles.